The molecule has 1 heterocycles. The van der Waals surface area contributed by atoms with Crippen molar-refractivity contribution < 1.29 is 14.0 Å². The standard InChI is InChI=1S/C13H26O3Si2/c1-11(2)12(14)15-10-13(3)8-9-17(4,5)18(6,7)16-13/h1,8-10H2,2-7H3. The lowest BCUT2D eigenvalue weighted by Crippen LogP contribution is -2.65. The summed E-state index contributed by atoms with van der Waals surface area (Å²) in [6.07, 6.45) is 0.992. The highest BCUT2D eigenvalue weighted by molar-refractivity contribution is 7.38. The lowest BCUT2D eigenvalue weighted by atomic mass is 10.1. The molecule has 1 aliphatic rings. The van der Waals surface area contributed by atoms with Gasteiger partial charge in [-0.3, -0.25) is 0 Å². The highest BCUT2D eigenvalue weighted by Gasteiger charge is 2.51. The molecule has 1 fully saturated rings. The average molecular weight is 287 g/mol. The Kier molecular flexibility index (Phi) is 4.30. The molecular formula is C13H26O3Si2. The summed E-state index contributed by atoms with van der Waals surface area (Å²) < 4.78 is 11.7. The number of ether oxygens (including phenoxy) is 1. The van der Waals surface area contributed by atoms with Crippen molar-refractivity contribution in [1.29, 1.82) is 0 Å². The molecule has 1 aliphatic heterocycles. The maximum Gasteiger partial charge on any atom is 0.333 e. The number of carbonyl (C=O) groups excluding carboxylic acids is 1. The molecule has 0 aromatic heterocycles. The second-order valence-electron chi connectivity index (χ2n) is 6.80. The largest absolute Gasteiger partial charge is 0.459 e. The predicted octanol–water partition coefficient (Wildman–Crippen LogP) is 3.28. The molecule has 1 saturated heterocycles. The molecule has 5 heteroatoms. The Labute approximate surface area is 112 Å². The van der Waals surface area contributed by atoms with E-state index in [0.29, 0.717) is 12.2 Å². The van der Waals surface area contributed by atoms with Crippen LogP contribution in [-0.2, 0) is 14.0 Å². The Balaban J connectivity index is 2.67. The fraction of sp³-hybridized carbons (Fsp3) is 0.769. The molecule has 104 valence electrons. The molecule has 1 rings (SSSR count). The Morgan fingerprint density at radius 3 is 2.39 bits per heavy atom. The Hall–Kier alpha value is -0.396. The molecule has 0 amide bonds. The van der Waals surface area contributed by atoms with Gasteiger partial charge < -0.3 is 9.16 Å². The highest BCUT2D eigenvalue weighted by atomic mass is 29.3. The van der Waals surface area contributed by atoms with Crippen LogP contribution in [0.4, 0.5) is 0 Å². The summed E-state index contributed by atoms with van der Waals surface area (Å²) in [5.41, 5.74) is 0.143. The molecule has 1 atom stereocenters. The van der Waals surface area contributed by atoms with Crippen molar-refractivity contribution in [2.45, 2.75) is 58.1 Å². The molecule has 0 bridgehead atoms. The molecule has 0 radical (unpaired) electrons. The van der Waals surface area contributed by atoms with E-state index in [4.69, 9.17) is 9.16 Å². The zero-order valence-electron chi connectivity index (χ0n) is 12.6. The third-order valence-corrected chi connectivity index (χ3v) is 20.9. The van der Waals surface area contributed by atoms with Crippen LogP contribution in [0.5, 0.6) is 0 Å². The summed E-state index contributed by atoms with van der Waals surface area (Å²) in [5.74, 6) is -0.318. The van der Waals surface area contributed by atoms with Crippen molar-refractivity contribution in [2.24, 2.45) is 0 Å². The minimum absolute atomic E-state index is 0.302. The van der Waals surface area contributed by atoms with Gasteiger partial charge in [0.1, 0.15) is 6.61 Å². The van der Waals surface area contributed by atoms with E-state index in [-0.39, 0.29) is 11.6 Å². The fourth-order valence-electron chi connectivity index (χ4n) is 2.13. The van der Waals surface area contributed by atoms with Gasteiger partial charge in [0.05, 0.1) is 13.2 Å². The predicted molar refractivity (Wildman–Crippen MR) is 79.7 cm³/mol. The first-order chi connectivity index (χ1) is 7.99. The normalized spacial score (nSPS) is 29.7. The van der Waals surface area contributed by atoms with Crippen molar-refractivity contribution in [2.75, 3.05) is 6.61 Å². The summed E-state index contributed by atoms with van der Waals surface area (Å²) in [7, 11) is -2.85. The minimum Gasteiger partial charge on any atom is -0.459 e. The zero-order valence-corrected chi connectivity index (χ0v) is 14.6. The first kappa shape index (κ1) is 15.7. The topological polar surface area (TPSA) is 35.5 Å². The van der Waals surface area contributed by atoms with Gasteiger partial charge >= 0.3 is 5.97 Å². The molecule has 18 heavy (non-hydrogen) atoms. The SMILES string of the molecule is C=C(C)C(=O)OCC1(C)CC[Si](C)(C)[Si](C)(C)O1. The summed E-state index contributed by atoms with van der Waals surface area (Å²) in [6, 6.07) is 1.26. The first-order valence-electron chi connectivity index (χ1n) is 6.52. The molecule has 0 saturated carbocycles. The molecular weight excluding hydrogens is 260 g/mol. The average Bonchev–Trinajstić information content (AvgIpc) is 2.21. The molecule has 0 spiro atoms. The van der Waals surface area contributed by atoms with Crippen LogP contribution in [0.25, 0.3) is 0 Å². The van der Waals surface area contributed by atoms with Crippen molar-refractivity contribution in [1.82, 2.24) is 0 Å². The lowest BCUT2D eigenvalue weighted by molar-refractivity contribution is -0.145. The van der Waals surface area contributed by atoms with E-state index in [0.717, 1.165) is 6.42 Å². The zero-order chi connectivity index (χ0) is 14.2. The maximum atomic E-state index is 11.5. The third kappa shape index (κ3) is 3.33. The minimum atomic E-state index is -1.63. The fourth-order valence-corrected chi connectivity index (χ4v) is 9.30. The lowest BCUT2D eigenvalue weighted by Gasteiger charge is -2.50. The molecule has 0 N–H and O–H groups in total. The Morgan fingerprint density at radius 1 is 1.39 bits per heavy atom. The monoisotopic (exact) mass is 286 g/mol. The van der Waals surface area contributed by atoms with E-state index < -0.39 is 15.4 Å². The van der Waals surface area contributed by atoms with Crippen LogP contribution in [0.1, 0.15) is 20.3 Å². The second-order valence-corrected chi connectivity index (χ2v) is 22.0. The van der Waals surface area contributed by atoms with Crippen LogP contribution in [0.15, 0.2) is 12.2 Å². The third-order valence-electron chi connectivity index (χ3n) is 4.27. The van der Waals surface area contributed by atoms with Crippen LogP contribution in [0.3, 0.4) is 0 Å². The number of carbonyl (C=O) groups is 1. The van der Waals surface area contributed by atoms with Crippen LogP contribution in [0.2, 0.25) is 32.2 Å². The van der Waals surface area contributed by atoms with Gasteiger partial charge in [-0.25, -0.2) is 4.79 Å². The van der Waals surface area contributed by atoms with Crippen molar-refractivity contribution in [3.05, 3.63) is 12.2 Å². The summed E-state index contributed by atoms with van der Waals surface area (Å²) in [5, 5.41) is 0. The van der Waals surface area contributed by atoms with Gasteiger partial charge in [0.15, 0.2) is 7.83 Å². The maximum absolute atomic E-state index is 11.5. The smallest absolute Gasteiger partial charge is 0.333 e. The van der Waals surface area contributed by atoms with Gasteiger partial charge in [0, 0.05) is 5.57 Å². The summed E-state index contributed by atoms with van der Waals surface area (Å²) in [4.78, 5) is 11.5. The molecule has 3 nitrogen and oxygen atoms in total. The van der Waals surface area contributed by atoms with Crippen molar-refractivity contribution in [3.63, 3.8) is 0 Å². The Morgan fingerprint density at radius 2 is 1.94 bits per heavy atom. The van der Waals surface area contributed by atoms with Gasteiger partial charge in [-0.2, -0.15) is 0 Å². The second kappa shape index (κ2) is 4.94. The van der Waals surface area contributed by atoms with Crippen molar-refractivity contribution in [3.8, 4) is 0 Å². The van der Waals surface area contributed by atoms with Gasteiger partial charge in [0.25, 0.3) is 0 Å². The van der Waals surface area contributed by atoms with Crippen LogP contribution in [0, 0.1) is 0 Å². The van der Waals surface area contributed by atoms with Crippen LogP contribution in [-0.4, -0.2) is 33.6 Å². The summed E-state index contributed by atoms with van der Waals surface area (Å²) in [6.45, 7) is 17.1. The number of rotatable bonds is 3. The quantitative estimate of drug-likeness (QED) is 0.454. The van der Waals surface area contributed by atoms with Gasteiger partial charge in [0.2, 0.25) is 0 Å². The summed E-state index contributed by atoms with van der Waals surface area (Å²) >= 11 is 0. The number of hydrogen-bond donors (Lipinski definition) is 0. The molecule has 0 aromatic rings. The Bertz CT molecular complexity index is 363. The van der Waals surface area contributed by atoms with Gasteiger partial charge in [-0.05, 0) is 33.4 Å². The number of esters is 1. The van der Waals surface area contributed by atoms with Crippen molar-refractivity contribution >= 4 is 21.4 Å². The van der Waals surface area contributed by atoms with E-state index in [1.165, 1.54) is 6.04 Å². The van der Waals surface area contributed by atoms with Crippen LogP contribution < -0.4 is 0 Å². The van der Waals surface area contributed by atoms with E-state index in [1.54, 1.807) is 6.92 Å². The van der Waals surface area contributed by atoms with E-state index in [9.17, 15) is 4.79 Å². The first-order valence-corrected chi connectivity index (χ1v) is 13.6. The van der Waals surface area contributed by atoms with E-state index in [2.05, 4.69) is 39.7 Å². The van der Waals surface area contributed by atoms with Gasteiger partial charge in [-0.15, -0.1) is 0 Å². The van der Waals surface area contributed by atoms with Gasteiger partial charge in [-0.1, -0.05) is 25.7 Å². The van der Waals surface area contributed by atoms with E-state index >= 15 is 0 Å². The van der Waals surface area contributed by atoms with E-state index in [1.807, 2.05) is 0 Å². The van der Waals surface area contributed by atoms with Crippen LogP contribution >= 0.6 is 0 Å². The molecule has 0 aliphatic carbocycles. The molecule has 0 aromatic carbocycles. The molecule has 1 unspecified atom stereocenters. The number of hydrogen-bond acceptors (Lipinski definition) is 3. The highest BCUT2D eigenvalue weighted by Crippen LogP contribution is 2.38.